The van der Waals surface area contributed by atoms with E-state index in [1.54, 1.807) is 0 Å². The molecule has 1 aliphatic rings. The molecule has 0 spiro atoms. The number of carbonyl (C=O) groups is 5. The highest BCUT2D eigenvalue weighted by atomic mass is 16.4. The van der Waals surface area contributed by atoms with E-state index in [1.807, 2.05) is 13.8 Å². The predicted molar refractivity (Wildman–Crippen MR) is 146 cm³/mol. The molecular weight excluding hydrogens is 509 g/mol. The van der Waals surface area contributed by atoms with Crippen LogP contribution in [0.1, 0.15) is 72.1 Å². The molecule has 0 saturated carbocycles. The Balaban J connectivity index is 3.11. The lowest BCUT2D eigenvalue weighted by Crippen LogP contribution is -2.56. The monoisotopic (exact) mass is 553 g/mol. The molecule has 220 valence electrons. The van der Waals surface area contributed by atoms with Gasteiger partial charge >= 0.3 is 7.12 Å². The van der Waals surface area contributed by atoms with Crippen LogP contribution in [0.25, 0.3) is 0 Å². The Morgan fingerprint density at radius 1 is 1.13 bits per heavy atom. The first-order valence-corrected chi connectivity index (χ1v) is 13.4. The lowest BCUT2D eigenvalue weighted by atomic mass is 9.67. The Labute approximate surface area is 229 Å². The Bertz CT molecular complexity index is 881. The van der Waals surface area contributed by atoms with Crippen molar-refractivity contribution < 1.29 is 34.0 Å². The third-order valence-corrected chi connectivity index (χ3v) is 6.28. The van der Waals surface area contributed by atoms with Crippen molar-refractivity contribution in [3.05, 3.63) is 0 Å². The van der Waals surface area contributed by atoms with Crippen LogP contribution in [0.15, 0.2) is 4.99 Å². The average Bonchev–Trinajstić information content (AvgIpc) is 2.82. The van der Waals surface area contributed by atoms with E-state index in [1.165, 1.54) is 6.92 Å². The highest BCUT2D eigenvalue weighted by molar-refractivity contribution is 6.43. The van der Waals surface area contributed by atoms with Crippen LogP contribution in [0.4, 0.5) is 0 Å². The number of ketones is 1. The van der Waals surface area contributed by atoms with E-state index in [9.17, 15) is 34.0 Å². The van der Waals surface area contributed by atoms with Crippen molar-refractivity contribution in [1.82, 2.24) is 21.3 Å². The third kappa shape index (κ3) is 14.0. The fourth-order valence-corrected chi connectivity index (χ4v) is 4.29. The number of guanidine groups is 1. The minimum Gasteiger partial charge on any atom is -0.427 e. The molecule has 4 amide bonds. The molecule has 0 radical (unpaired) electrons. The van der Waals surface area contributed by atoms with Gasteiger partial charge in [0.2, 0.25) is 23.6 Å². The van der Waals surface area contributed by atoms with E-state index in [-0.39, 0.29) is 62.9 Å². The van der Waals surface area contributed by atoms with E-state index in [0.29, 0.717) is 19.3 Å². The zero-order valence-corrected chi connectivity index (χ0v) is 23.1. The zero-order chi connectivity index (χ0) is 29.5. The summed E-state index contributed by atoms with van der Waals surface area (Å²) >= 11 is 0. The van der Waals surface area contributed by atoms with Crippen LogP contribution in [0, 0.1) is 5.92 Å². The molecule has 0 aromatic heterocycles. The van der Waals surface area contributed by atoms with Gasteiger partial charge in [-0.1, -0.05) is 13.8 Å². The summed E-state index contributed by atoms with van der Waals surface area (Å²) in [6.07, 6.45) is 1.71. The molecule has 15 heteroatoms. The number of hydrogen-bond acceptors (Lipinski definition) is 8. The standard InChI is InChI=1S/C24H44BN7O7/c1-14(2)11-18-22(36)31-17(20(34)12-16(25(38)39)7-6-10-29-24(26)27)8-4-5-9-28-21(35)13-19(23(37)32-18)30-15(3)33/h14,16-19,38-39H,4-13H2,1-3H3,(H,28,35)(H,30,33)(H,31,36)(H,32,37)(H4,26,27,29)/t16-,17+,18+,19+/m1/s1. The van der Waals surface area contributed by atoms with Gasteiger partial charge in [-0.05, 0) is 44.4 Å². The number of Topliss-reactive ketones (excluding diaryl/α,β-unsaturated/α-hetero) is 1. The second-order valence-electron chi connectivity index (χ2n) is 10.3. The highest BCUT2D eigenvalue weighted by Gasteiger charge is 2.33. The van der Waals surface area contributed by atoms with E-state index in [0.717, 1.165) is 0 Å². The fraction of sp³-hybridized carbons (Fsp3) is 0.750. The smallest absolute Gasteiger partial charge is 0.427 e. The molecule has 10 N–H and O–H groups in total. The zero-order valence-electron chi connectivity index (χ0n) is 23.1. The molecule has 0 aromatic rings. The predicted octanol–water partition coefficient (Wildman–Crippen LogP) is -1.95. The maximum atomic E-state index is 13.3. The van der Waals surface area contributed by atoms with Crippen LogP contribution >= 0.6 is 0 Å². The number of rotatable bonds is 11. The summed E-state index contributed by atoms with van der Waals surface area (Å²) in [4.78, 5) is 67.4. The van der Waals surface area contributed by atoms with Gasteiger partial charge in [-0.15, -0.1) is 0 Å². The van der Waals surface area contributed by atoms with Gasteiger partial charge < -0.3 is 42.8 Å². The van der Waals surface area contributed by atoms with E-state index in [2.05, 4.69) is 26.3 Å². The average molecular weight is 553 g/mol. The first-order chi connectivity index (χ1) is 18.3. The van der Waals surface area contributed by atoms with Crippen LogP contribution in [-0.4, -0.2) is 83.8 Å². The van der Waals surface area contributed by atoms with Crippen LogP contribution < -0.4 is 32.7 Å². The van der Waals surface area contributed by atoms with Gasteiger partial charge in [-0.3, -0.25) is 29.0 Å². The quantitative estimate of drug-likeness (QED) is 0.0613. The van der Waals surface area contributed by atoms with Crippen molar-refractivity contribution in [2.75, 3.05) is 13.1 Å². The topological polar surface area (TPSA) is 238 Å². The van der Waals surface area contributed by atoms with E-state index >= 15 is 0 Å². The minimum absolute atomic E-state index is 0.00395. The molecule has 1 rings (SSSR count). The molecular formula is C24H44BN7O7. The Hall–Kier alpha value is -3.20. The van der Waals surface area contributed by atoms with Gasteiger partial charge in [0.1, 0.15) is 12.1 Å². The lowest BCUT2D eigenvalue weighted by molar-refractivity contribution is -0.135. The number of amides is 4. The van der Waals surface area contributed by atoms with Crippen molar-refractivity contribution in [3.8, 4) is 0 Å². The maximum Gasteiger partial charge on any atom is 0.455 e. The molecule has 0 aromatic carbocycles. The van der Waals surface area contributed by atoms with Gasteiger partial charge in [0.15, 0.2) is 11.7 Å². The molecule has 14 nitrogen and oxygen atoms in total. The van der Waals surface area contributed by atoms with Crippen molar-refractivity contribution in [2.45, 2.75) is 96.1 Å². The molecule has 1 aliphatic heterocycles. The van der Waals surface area contributed by atoms with Gasteiger partial charge in [0.05, 0.1) is 12.5 Å². The van der Waals surface area contributed by atoms with Crippen molar-refractivity contribution in [3.63, 3.8) is 0 Å². The summed E-state index contributed by atoms with van der Waals surface area (Å²) in [5.74, 6) is -3.46. The summed E-state index contributed by atoms with van der Waals surface area (Å²) in [5.41, 5.74) is 10.6. The van der Waals surface area contributed by atoms with Crippen LogP contribution in [0.3, 0.4) is 0 Å². The first-order valence-electron chi connectivity index (χ1n) is 13.4. The van der Waals surface area contributed by atoms with Gasteiger partial charge in [-0.25, -0.2) is 0 Å². The van der Waals surface area contributed by atoms with Crippen molar-refractivity contribution >= 4 is 42.5 Å². The maximum absolute atomic E-state index is 13.3. The summed E-state index contributed by atoms with van der Waals surface area (Å²) < 4.78 is 0. The minimum atomic E-state index is -1.75. The number of aliphatic imine (C=N–C) groups is 1. The number of hydrogen-bond donors (Lipinski definition) is 8. The number of carbonyl (C=O) groups excluding carboxylic acids is 5. The molecule has 0 aliphatic carbocycles. The second kappa shape index (κ2) is 17.4. The number of nitrogens with one attached hydrogen (secondary N) is 4. The Kier molecular flexibility index (Phi) is 15.1. The van der Waals surface area contributed by atoms with Crippen LogP contribution in [0.5, 0.6) is 0 Å². The Morgan fingerprint density at radius 2 is 1.82 bits per heavy atom. The third-order valence-electron chi connectivity index (χ3n) is 6.28. The molecule has 39 heavy (non-hydrogen) atoms. The summed E-state index contributed by atoms with van der Waals surface area (Å²) in [5, 5.41) is 30.2. The molecule has 0 bridgehead atoms. The van der Waals surface area contributed by atoms with E-state index in [4.69, 9.17) is 11.5 Å². The summed E-state index contributed by atoms with van der Waals surface area (Å²) in [6, 6.07) is -3.13. The number of nitrogens with zero attached hydrogens (tertiary/aromatic N) is 1. The van der Waals surface area contributed by atoms with Gasteiger partial charge in [0.25, 0.3) is 0 Å². The molecule has 4 atom stereocenters. The van der Waals surface area contributed by atoms with Crippen molar-refractivity contribution in [2.24, 2.45) is 22.4 Å². The Morgan fingerprint density at radius 3 is 2.41 bits per heavy atom. The van der Waals surface area contributed by atoms with Gasteiger partial charge in [-0.2, -0.15) is 0 Å². The van der Waals surface area contributed by atoms with E-state index < -0.39 is 54.7 Å². The van der Waals surface area contributed by atoms with Crippen LogP contribution in [-0.2, 0) is 24.0 Å². The molecule has 1 fully saturated rings. The van der Waals surface area contributed by atoms with Crippen LogP contribution in [0.2, 0.25) is 5.82 Å². The lowest BCUT2D eigenvalue weighted by Gasteiger charge is -2.27. The van der Waals surface area contributed by atoms with Gasteiger partial charge in [0, 0.05) is 32.3 Å². The summed E-state index contributed by atoms with van der Waals surface area (Å²) in [6.45, 7) is 5.49. The first kappa shape index (κ1) is 33.8. The second-order valence-corrected chi connectivity index (χ2v) is 10.3. The largest absolute Gasteiger partial charge is 0.455 e. The molecule has 0 unspecified atom stereocenters. The normalized spacial score (nSPS) is 22.0. The SMILES string of the molecule is CC(=O)N[C@H]1CC(=O)NCCCC[C@@H](C(=O)C[C@@H](CCCN=C(N)N)B(O)O)NC(=O)[C@H](CC(C)C)NC1=O. The summed E-state index contributed by atoms with van der Waals surface area (Å²) in [7, 11) is -1.75. The highest BCUT2D eigenvalue weighted by Crippen LogP contribution is 2.22. The fourth-order valence-electron chi connectivity index (χ4n) is 4.29. The molecule has 1 saturated heterocycles. The van der Waals surface area contributed by atoms with Crippen molar-refractivity contribution in [1.29, 1.82) is 0 Å². The number of nitrogens with two attached hydrogens (primary N) is 2. The molecule has 1 heterocycles.